The summed E-state index contributed by atoms with van der Waals surface area (Å²) >= 11 is 4.20. The molecule has 0 radical (unpaired) electrons. The van der Waals surface area contributed by atoms with E-state index < -0.39 is 0 Å². The van der Waals surface area contributed by atoms with Gasteiger partial charge in [0.15, 0.2) is 0 Å². The van der Waals surface area contributed by atoms with Crippen LogP contribution in [-0.2, 0) is 0 Å². The molecule has 0 aromatic heterocycles. The number of nitrogens with two attached hydrogens (primary N) is 1. The van der Waals surface area contributed by atoms with E-state index in [9.17, 15) is 0 Å². The summed E-state index contributed by atoms with van der Waals surface area (Å²) in [6.07, 6.45) is 1.06. The Labute approximate surface area is 50.7 Å². The van der Waals surface area contributed by atoms with Gasteiger partial charge in [0.05, 0.1) is 0 Å². The Balaban J connectivity index is 3.14. The summed E-state index contributed by atoms with van der Waals surface area (Å²) in [5.74, 6) is 0. The quantitative estimate of drug-likeness (QED) is 0.522. The first-order valence-electron chi connectivity index (χ1n) is 2.62. The third-order valence-electron chi connectivity index (χ3n) is 1.03. The number of hydrogen-bond donors (Lipinski definition) is 2. The van der Waals surface area contributed by atoms with Crippen molar-refractivity contribution in [2.24, 2.45) is 5.73 Å². The highest BCUT2D eigenvalue weighted by Crippen LogP contribution is 2.02. The van der Waals surface area contributed by atoms with E-state index in [0.717, 1.165) is 6.42 Å². The molecule has 0 fully saturated rings. The summed E-state index contributed by atoms with van der Waals surface area (Å²) in [6.45, 7) is 4.06. The summed E-state index contributed by atoms with van der Waals surface area (Å²) in [4.78, 5) is 0. The van der Waals surface area contributed by atoms with Crippen molar-refractivity contribution in [3.8, 4) is 0 Å². The molecule has 0 saturated heterocycles. The van der Waals surface area contributed by atoms with Gasteiger partial charge in [-0.05, 0) is 13.3 Å². The minimum absolute atomic E-state index is 0.230. The Bertz CT molecular complexity index is 45.3. The van der Waals surface area contributed by atoms with Crippen molar-refractivity contribution in [3.05, 3.63) is 0 Å². The lowest BCUT2D eigenvalue weighted by Crippen LogP contribution is -2.26. The van der Waals surface area contributed by atoms with Gasteiger partial charge in [0, 0.05) is 11.3 Å². The van der Waals surface area contributed by atoms with Crippen LogP contribution in [0.2, 0.25) is 0 Å². The maximum absolute atomic E-state index is 5.47. The second-order valence-electron chi connectivity index (χ2n) is 1.83. The molecule has 0 aromatic rings. The lowest BCUT2D eigenvalue weighted by atomic mass is 10.2. The molecule has 0 aliphatic heterocycles. The van der Waals surface area contributed by atoms with Crippen LogP contribution in [0.15, 0.2) is 0 Å². The van der Waals surface area contributed by atoms with Gasteiger partial charge in [-0.3, -0.25) is 0 Å². The lowest BCUT2D eigenvalue weighted by Gasteiger charge is -2.09. The molecule has 0 bridgehead atoms. The molecule has 0 heterocycles. The van der Waals surface area contributed by atoms with Gasteiger partial charge in [-0.2, -0.15) is 12.6 Å². The fourth-order valence-electron chi connectivity index (χ4n) is 0.372. The van der Waals surface area contributed by atoms with Crippen LogP contribution in [0.25, 0.3) is 0 Å². The molecule has 0 saturated carbocycles. The van der Waals surface area contributed by atoms with E-state index in [1.54, 1.807) is 0 Å². The largest absolute Gasteiger partial charge is 0.327 e. The van der Waals surface area contributed by atoms with Crippen molar-refractivity contribution in [1.82, 2.24) is 0 Å². The van der Waals surface area contributed by atoms with Crippen LogP contribution in [-0.4, -0.2) is 11.3 Å². The van der Waals surface area contributed by atoms with Gasteiger partial charge in [0.1, 0.15) is 0 Å². The van der Waals surface area contributed by atoms with Crippen molar-refractivity contribution < 1.29 is 0 Å². The van der Waals surface area contributed by atoms with Crippen molar-refractivity contribution in [2.45, 2.75) is 31.6 Å². The smallest absolute Gasteiger partial charge is 0.0163 e. The normalized spacial score (nSPS) is 18.9. The van der Waals surface area contributed by atoms with Crippen molar-refractivity contribution in [1.29, 1.82) is 0 Å². The van der Waals surface area contributed by atoms with Gasteiger partial charge in [-0.25, -0.2) is 0 Å². The minimum Gasteiger partial charge on any atom is -0.327 e. The van der Waals surface area contributed by atoms with Gasteiger partial charge in [0.2, 0.25) is 0 Å². The highest BCUT2D eigenvalue weighted by molar-refractivity contribution is 7.81. The Morgan fingerprint density at radius 1 is 1.71 bits per heavy atom. The van der Waals surface area contributed by atoms with Crippen molar-refractivity contribution in [3.63, 3.8) is 0 Å². The number of thiol groups is 1. The van der Waals surface area contributed by atoms with Crippen LogP contribution in [0.5, 0.6) is 0 Å². The Morgan fingerprint density at radius 3 is 2.14 bits per heavy atom. The van der Waals surface area contributed by atoms with Crippen molar-refractivity contribution in [2.75, 3.05) is 0 Å². The molecule has 44 valence electrons. The molecular formula is C5H13NS. The molecule has 7 heavy (non-hydrogen) atoms. The van der Waals surface area contributed by atoms with Gasteiger partial charge in [0.25, 0.3) is 0 Å². The minimum atomic E-state index is 0.230. The molecule has 2 unspecified atom stereocenters. The summed E-state index contributed by atoms with van der Waals surface area (Å²) in [5.41, 5.74) is 5.47. The predicted octanol–water partition coefficient (Wildman–Crippen LogP) is 1.04. The molecule has 0 amide bonds. The number of rotatable bonds is 2. The first-order valence-corrected chi connectivity index (χ1v) is 3.13. The Morgan fingerprint density at radius 2 is 2.14 bits per heavy atom. The average molecular weight is 119 g/mol. The summed E-state index contributed by atoms with van der Waals surface area (Å²) in [7, 11) is 0. The molecule has 0 aliphatic carbocycles. The lowest BCUT2D eigenvalue weighted by molar-refractivity contribution is 0.674. The molecule has 2 atom stereocenters. The first kappa shape index (κ1) is 7.31. The molecule has 0 aliphatic rings. The molecule has 1 nitrogen and oxygen atoms in total. The van der Waals surface area contributed by atoms with Crippen molar-refractivity contribution >= 4 is 12.6 Å². The maximum Gasteiger partial charge on any atom is 0.0163 e. The zero-order valence-corrected chi connectivity index (χ0v) is 5.78. The fraction of sp³-hybridized carbons (Fsp3) is 1.00. The van der Waals surface area contributed by atoms with Crippen LogP contribution in [0.1, 0.15) is 20.3 Å². The topological polar surface area (TPSA) is 26.0 Å². The van der Waals surface area contributed by atoms with E-state index in [4.69, 9.17) is 5.73 Å². The zero-order chi connectivity index (χ0) is 5.86. The Kier molecular flexibility index (Phi) is 3.48. The maximum atomic E-state index is 5.47. The molecule has 2 N–H and O–H groups in total. The van der Waals surface area contributed by atoms with Crippen LogP contribution >= 0.6 is 12.6 Å². The van der Waals surface area contributed by atoms with E-state index in [2.05, 4.69) is 19.6 Å². The zero-order valence-electron chi connectivity index (χ0n) is 4.89. The van der Waals surface area contributed by atoms with Crippen LogP contribution in [0.3, 0.4) is 0 Å². The Hall–Kier alpha value is 0.310. The molecule has 0 aromatic carbocycles. The van der Waals surface area contributed by atoms with Crippen LogP contribution in [0, 0.1) is 0 Å². The van der Waals surface area contributed by atoms with E-state index in [-0.39, 0.29) is 6.04 Å². The fourth-order valence-corrected chi connectivity index (χ4v) is 0.372. The van der Waals surface area contributed by atoms with Crippen LogP contribution in [0.4, 0.5) is 0 Å². The second-order valence-corrected chi connectivity index (χ2v) is 2.50. The third-order valence-corrected chi connectivity index (χ3v) is 1.86. The second kappa shape index (κ2) is 3.33. The standard InChI is InChI=1S/C5H13NS/c1-3-5(7)4(2)6/h4-5,7H,3,6H2,1-2H3. The SMILES string of the molecule is CCC(S)C(C)N. The van der Waals surface area contributed by atoms with Gasteiger partial charge in [-0.15, -0.1) is 0 Å². The van der Waals surface area contributed by atoms with E-state index in [0.29, 0.717) is 5.25 Å². The predicted molar refractivity (Wildman–Crippen MR) is 36.7 cm³/mol. The summed E-state index contributed by atoms with van der Waals surface area (Å²) < 4.78 is 0. The molecule has 0 spiro atoms. The first-order chi connectivity index (χ1) is 3.18. The summed E-state index contributed by atoms with van der Waals surface area (Å²) in [5, 5.41) is 0.375. The molecule has 2 heteroatoms. The third kappa shape index (κ3) is 2.94. The monoisotopic (exact) mass is 119 g/mol. The van der Waals surface area contributed by atoms with E-state index in [1.807, 2.05) is 6.92 Å². The van der Waals surface area contributed by atoms with E-state index >= 15 is 0 Å². The van der Waals surface area contributed by atoms with Gasteiger partial charge >= 0.3 is 0 Å². The van der Waals surface area contributed by atoms with Gasteiger partial charge < -0.3 is 5.73 Å². The molecule has 0 rings (SSSR count). The highest BCUT2D eigenvalue weighted by atomic mass is 32.1. The molecular weight excluding hydrogens is 106 g/mol. The highest BCUT2D eigenvalue weighted by Gasteiger charge is 2.02. The van der Waals surface area contributed by atoms with Crippen LogP contribution < -0.4 is 5.73 Å². The summed E-state index contributed by atoms with van der Waals surface area (Å²) in [6, 6.07) is 0.230. The number of hydrogen-bond acceptors (Lipinski definition) is 2. The average Bonchev–Trinajstić information content (AvgIpc) is 1.65. The van der Waals surface area contributed by atoms with Gasteiger partial charge in [-0.1, -0.05) is 6.92 Å². The van der Waals surface area contributed by atoms with E-state index in [1.165, 1.54) is 0 Å².